The van der Waals surface area contributed by atoms with Gasteiger partial charge in [-0.2, -0.15) is 18.2 Å². The molecule has 0 aromatic heterocycles. The van der Waals surface area contributed by atoms with Gasteiger partial charge in [0.25, 0.3) is 0 Å². The van der Waals surface area contributed by atoms with E-state index in [2.05, 4.69) is 0 Å². The smallest absolute Gasteiger partial charge is 0.358 e. The van der Waals surface area contributed by atoms with Gasteiger partial charge in [0, 0.05) is 0 Å². The first-order chi connectivity index (χ1) is 2.50. The third-order valence-electron chi connectivity index (χ3n) is 0.556. The minimum atomic E-state index is 0. The van der Waals surface area contributed by atoms with Crippen molar-refractivity contribution < 1.29 is 21.1 Å². The molecule has 0 aliphatic carbocycles. The predicted molar refractivity (Wildman–Crippen MR) is 47.7 cm³/mol. The minimum absolute atomic E-state index is 0. The molecule has 0 spiro atoms. The molecule has 0 aliphatic rings. The Morgan fingerprint density at radius 2 is 1.00 bits per heavy atom. The predicted octanol–water partition coefficient (Wildman–Crippen LogP) is 3.20. The topological polar surface area (TPSA) is 0 Å². The molecular formula is C9H17Pt-. The molecule has 1 rings (SSSR count). The van der Waals surface area contributed by atoms with Crippen molar-refractivity contribution in [1.82, 2.24) is 0 Å². The van der Waals surface area contributed by atoms with Crippen LogP contribution in [0.25, 0.3) is 0 Å². The van der Waals surface area contributed by atoms with Gasteiger partial charge in [-0.3, -0.25) is 0 Å². The van der Waals surface area contributed by atoms with E-state index in [-0.39, 0.29) is 50.8 Å². The normalized spacial score (nSPS) is 4.00. The van der Waals surface area contributed by atoms with Crippen LogP contribution in [-0.4, -0.2) is 0 Å². The molecular weight excluding hydrogens is 303 g/mol. The molecule has 0 radical (unpaired) electrons. The maximum atomic E-state index is 2.00. The molecule has 0 amide bonds. The van der Waals surface area contributed by atoms with E-state index in [1.807, 2.05) is 30.3 Å². The van der Waals surface area contributed by atoms with E-state index in [4.69, 9.17) is 0 Å². The third-order valence-corrected chi connectivity index (χ3v) is 0.556. The van der Waals surface area contributed by atoms with E-state index in [0.717, 1.165) is 0 Å². The molecule has 64 valence electrons. The maximum absolute atomic E-state index is 2.00. The minimum Gasteiger partial charge on any atom is -0.358 e. The van der Waals surface area contributed by atoms with Gasteiger partial charge < -0.3 is 29.7 Å². The van der Waals surface area contributed by atoms with Crippen molar-refractivity contribution in [2.24, 2.45) is 0 Å². The Morgan fingerprint density at radius 3 is 1.10 bits per heavy atom. The fourth-order valence-electron chi connectivity index (χ4n) is 0.321. The van der Waals surface area contributed by atoms with Gasteiger partial charge in [0.05, 0.1) is 0 Å². The Kier molecular flexibility index (Phi) is 74.3. The average Bonchev–Trinajstić information content (AvgIpc) is 1.76. The summed E-state index contributed by atoms with van der Waals surface area (Å²) < 4.78 is 0. The largest absolute Gasteiger partial charge is 4.00 e. The van der Waals surface area contributed by atoms with Crippen LogP contribution in [-0.2, 0) is 21.1 Å². The zero-order valence-electron chi connectivity index (χ0n) is 7.20. The van der Waals surface area contributed by atoms with Crippen molar-refractivity contribution in [2.75, 3.05) is 0 Å². The van der Waals surface area contributed by atoms with Crippen LogP contribution in [0.2, 0.25) is 0 Å². The SMILES string of the molecule is [CH3-].[CH3-].[CH3-].[CH3-].[Pt+4].c1cc[cH-]c1. The molecule has 0 nitrogen and oxygen atoms in total. The standard InChI is InChI=1S/C5H5.4CH3.Pt/c1-2-4-5-3-1;;;;;/h1-5H;4*1H3;/q5*-1;+4. The van der Waals surface area contributed by atoms with Crippen molar-refractivity contribution in [3.8, 4) is 0 Å². The molecule has 0 saturated carbocycles. The van der Waals surface area contributed by atoms with E-state index >= 15 is 0 Å². The van der Waals surface area contributed by atoms with E-state index in [1.54, 1.807) is 0 Å². The number of hydrogen-bond donors (Lipinski definition) is 0. The summed E-state index contributed by atoms with van der Waals surface area (Å²) in [5.74, 6) is 0. The summed E-state index contributed by atoms with van der Waals surface area (Å²) in [7, 11) is 0. The quantitative estimate of drug-likeness (QED) is 0.644. The fraction of sp³-hybridized carbons (Fsp3) is 0. The van der Waals surface area contributed by atoms with E-state index < -0.39 is 0 Å². The molecule has 1 aromatic rings. The van der Waals surface area contributed by atoms with Crippen LogP contribution in [0.1, 0.15) is 0 Å². The number of rotatable bonds is 0. The van der Waals surface area contributed by atoms with Crippen LogP contribution in [0, 0.1) is 29.7 Å². The average molecular weight is 320 g/mol. The Bertz CT molecular complexity index is 61.2. The molecule has 1 aromatic carbocycles. The van der Waals surface area contributed by atoms with Crippen LogP contribution in [0.3, 0.4) is 0 Å². The second kappa shape index (κ2) is 23.0. The van der Waals surface area contributed by atoms with Crippen LogP contribution in [0.5, 0.6) is 0 Å². The summed E-state index contributed by atoms with van der Waals surface area (Å²) in [6.07, 6.45) is 0. The molecule has 0 fully saturated rings. The Balaban J connectivity index is -0.0000000167. The number of hydrogen-bond acceptors (Lipinski definition) is 0. The van der Waals surface area contributed by atoms with Gasteiger partial charge >= 0.3 is 21.1 Å². The second-order valence-electron chi connectivity index (χ2n) is 0.962. The van der Waals surface area contributed by atoms with Crippen LogP contribution in [0.4, 0.5) is 0 Å². The van der Waals surface area contributed by atoms with Gasteiger partial charge in [-0.1, -0.05) is 0 Å². The molecule has 0 unspecified atom stereocenters. The molecule has 0 bridgehead atoms. The summed E-state index contributed by atoms with van der Waals surface area (Å²) in [5.41, 5.74) is 0. The van der Waals surface area contributed by atoms with Crippen LogP contribution in [0.15, 0.2) is 30.3 Å². The van der Waals surface area contributed by atoms with Gasteiger partial charge in [-0.25, -0.2) is 12.1 Å². The Labute approximate surface area is 81.3 Å². The van der Waals surface area contributed by atoms with Gasteiger partial charge in [0.2, 0.25) is 0 Å². The Hall–Kier alpha value is 0.0383. The van der Waals surface area contributed by atoms with E-state index in [1.165, 1.54) is 0 Å². The zero-order valence-corrected chi connectivity index (χ0v) is 9.48. The fourth-order valence-corrected chi connectivity index (χ4v) is 0.321. The van der Waals surface area contributed by atoms with Gasteiger partial charge in [0.1, 0.15) is 0 Å². The summed E-state index contributed by atoms with van der Waals surface area (Å²) >= 11 is 0. The van der Waals surface area contributed by atoms with Crippen LogP contribution < -0.4 is 0 Å². The van der Waals surface area contributed by atoms with E-state index in [0.29, 0.717) is 0 Å². The van der Waals surface area contributed by atoms with Gasteiger partial charge in [-0.15, -0.1) is 0 Å². The molecule has 10 heavy (non-hydrogen) atoms. The van der Waals surface area contributed by atoms with Crippen molar-refractivity contribution in [3.05, 3.63) is 60.0 Å². The molecule has 0 heterocycles. The second-order valence-corrected chi connectivity index (χ2v) is 0.962. The first kappa shape index (κ1) is 32.3. The van der Waals surface area contributed by atoms with Crippen molar-refractivity contribution in [1.29, 1.82) is 0 Å². The molecule has 0 saturated heterocycles. The van der Waals surface area contributed by atoms with Crippen molar-refractivity contribution >= 4 is 0 Å². The first-order valence-corrected chi connectivity index (χ1v) is 1.67. The molecule has 0 atom stereocenters. The van der Waals surface area contributed by atoms with Crippen LogP contribution >= 0.6 is 0 Å². The summed E-state index contributed by atoms with van der Waals surface area (Å²) in [6, 6.07) is 10.0. The zero-order chi connectivity index (χ0) is 3.54. The third kappa shape index (κ3) is 15.7. The van der Waals surface area contributed by atoms with Crippen molar-refractivity contribution in [2.45, 2.75) is 0 Å². The van der Waals surface area contributed by atoms with E-state index in [9.17, 15) is 0 Å². The monoisotopic (exact) mass is 320 g/mol. The Morgan fingerprint density at radius 1 is 0.700 bits per heavy atom. The van der Waals surface area contributed by atoms with Crippen molar-refractivity contribution in [3.63, 3.8) is 0 Å². The summed E-state index contributed by atoms with van der Waals surface area (Å²) in [6.45, 7) is 0. The first-order valence-electron chi connectivity index (χ1n) is 1.67. The van der Waals surface area contributed by atoms with Gasteiger partial charge in [-0.05, 0) is 0 Å². The summed E-state index contributed by atoms with van der Waals surface area (Å²) in [4.78, 5) is 0. The molecule has 0 aliphatic heterocycles. The summed E-state index contributed by atoms with van der Waals surface area (Å²) in [5, 5.41) is 0. The maximum Gasteiger partial charge on any atom is 4.00 e. The molecule has 0 N–H and O–H groups in total. The molecule has 1 heteroatoms. The van der Waals surface area contributed by atoms with Gasteiger partial charge in [0.15, 0.2) is 0 Å².